The van der Waals surface area contributed by atoms with Gasteiger partial charge in [-0.25, -0.2) is 4.98 Å². The van der Waals surface area contributed by atoms with Crippen molar-refractivity contribution in [2.75, 3.05) is 0 Å². The van der Waals surface area contributed by atoms with E-state index in [1.807, 2.05) is 31.8 Å². The molecule has 2 aromatic rings. The molecule has 0 saturated heterocycles. The van der Waals surface area contributed by atoms with Crippen LogP contribution in [0.4, 0.5) is 0 Å². The fourth-order valence-electron chi connectivity index (χ4n) is 1.88. The average Bonchev–Trinajstić information content (AvgIpc) is 2.84. The fraction of sp³-hybridized carbons (Fsp3) is 0.455. The first kappa shape index (κ1) is 13.7. The zero-order chi connectivity index (χ0) is 13.3. The summed E-state index contributed by atoms with van der Waals surface area (Å²) in [6.45, 7) is 3.97. The lowest BCUT2D eigenvalue weighted by molar-refractivity contribution is 0.535. The van der Waals surface area contributed by atoms with Gasteiger partial charge in [0.05, 0.1) is 26.9 Å². The van der Waals surface area contributed by atoms with Crippen LogP contribution in [0.3, 0.4) is 0 Å². The molecule has 0 bridgehead atoms. The topological polar surface area (TPSA) is 68.8 Å². The maximum Gasteiger partial charge on any atom is 0.0897 e. The molecule has 0 aliphatic heterocycles. The third-order valence-corrected chi connectivity index (χ3v) is 4.90. The van der Waals surface area contributed by atoms with E-state index >= 15 is 0 Å². The highest BCUT2D eigenvalue weighted by Gasteiger charge is 2.18. The summed E-state index contributed by atoms with van der Waals surface area (Å²) in [6, 6.07) is 0.0577. The third kappa shape index (κ3) is 2.64. The zero-order valence-electron chi connectivity index (χ0n) is 10.6. The van der Waals surface area contributed by atoms with E-state index in [-0.39, 0.29) is 6.04 Å². The number of halogens is 1. The molecule has 2 rings (SSSR count). The van der Waals surface area contributed by atoms with E-state index < -0.39 is 0 Å². The molecular weight excluding hydrogens is 314 g/mol. The van der Waals surface area contributed by atoms with Crippen LogP contribution in [0.25, 0.3) is 0 Å². The van der Waals surface area contributed by atoms with Crippen molar-refractivity contribution in [3.63, 3.8) is 0 Å². The van der Waals surface area contributed by atoms with Gasteiger partial charge in [-0.15, -0.1) is 11.3 Å². The Bertz CT molecular complexity index is 548. The summed E-state index contributed by atoms with van der Waals surface area (Å²) >= 11 is 5.23. The summed E-state index contributed by atoms with van der Waals surface area (Å²) < 4.78 is 2.93. The summed E-state index contributed by atoms with van der Waals surface area (Å²) in [6.07, 6.45) is 2.65. The number of aromatic nitrogens is 3. The van der Waals surface area contributed by atoms with E-state index in [4.69, 9.17) is 5.84 Å². The van der Waals surface area contributed by atoms with Gasteiger partial charge in [-0.1, -0.05) is 0 Å². The number of hydrazine groups is 1. The van der Waals surface area contributed by atoms with Crippen LogP contribution in [0, 0.1) is 13.8 Å². The predicted octanol–water partition coefficient (Wildman–Crippen LogP) is 2.00. The van der Waals surface area contributed by atoms with Crippen molar-refractivity contribution in [2.24, 2.45) is 12.9 Å². The highest BCUT2D eigenvalue weighted by atomic mass is 79.9. The predicted molar refractivity (Wildman–Crippen MR) is 76.3 cm³/mol. The van der Waals surface area contributed by atoms with E-state index in [2.05, 4.69) is 31.4 Å². The van der Waals surface area contributed by atoms with Crippen molar-refractivity contribution in [3.8, 4) is 0 Å². The zero-order valence-corrected chi connectivity index (χ0v) is 13.0. The molecule has 0 radical (unpaired) electrons. The van der Waals surface area contributed by atoms with E-state index in [0.717, 1.165) is 32.2 Å². The standard InChI is InChI=1S/C11H16BrN5S/c1-6-11(12)9(17(3)16-6)4-8(15-13)10-5-14-7(2)18-10/h5,8,15H,4,13H2,1-3H3. The lowest BCUT2D eigenvalue weighted by Crippen LogP contribution is -2.29. The molecule has 0 aliphatic rings. The van der Waals surface area contributed by atoms with Gasteiger partial charge < -0.3 is 0 Å². The summed E-state index contributed by atoms with van der Waals surface area (Å²) in [7, 11) is 1.94. The first-order chi connectivity index (χ1) is 8.52. The van der Waals surface area contributed by atoms with Gasteiger partial charge in [0.15, 0.2) is 0 Å². The van der Waals surface area contributed by atoms with Gasteiger partial charge >= 0.3 is 0 Å². The summed E-state index contributed by atoms with van der Waals surface area (Å²) in [5, 5.41) is 5.43. The van der Waals surface area contributed by atoms with Crippen LogP contribution in [0.5, 0.6) is 0 Å². The van der Waals surface area contributed by atoms with Gasteiger partial charge in [0.1, 0.15) is 0 Å². The van der Waals surface area contributed by atoms with Gasteiger partial charge in [0.25, 0.3) is 0 Å². The second-order valence-electron chi connectivity index (χ2n) is 4.17. The first-order valence-corrected chi connectivity index (χ1v) is 7.20. The van der Waals surface area contributed by atoms with E-state index in [1.165, 1.54) is 0 Å². The number of rotatable bonds is 4. The smallest absolute Gasteiger partial charge is 0.0897 e. The molecule has 0 spiro atoms. The molecule has 98 valence electrons. The maximum absolute atomic E-state index is 5.65. The highest BCUT2D eigenvalue weighted by Crippen LogP contribution is 2.27. The van der Waals surface area contributed by atoms with Crippen LogP contribution in [0.1, 0.15) is 27.3 Å². The number of hydrogen-bond donors (Lipinski definition) is 2. The van der Waals surface area contributed by atoms with Crippen molar-refractivity contribution >= 4 is 27.3 Å². The molecule has 0 saturated carbocycles. The molecule has 2 aromatic heterocycles. The molecule has 1 atom stereocenters. The molecule has 3 N–H and O–H groups in total. The minimum atomic E-state index is 0.0577. The molecule has 2 heterocycles. The van der Waals surface area contributed by atoms with Gasteiger partial charge in [-0.05, 0) is 29.8 Å². The van der Waals surface area contributed by atoms with Crippen molar-refractivity contribution < 1.29 is 0 Å². The van der Waals surface area contributed by atoms with Crippen LogP contribution in [0.2, 0.25) is 0 Å². The molecule has 0 aliphatic carbocycles. The SMILES string of the molecule is Cc1ncc(C(Cc2c(Br)c(C)nn2C)NN)s1. The molecule has 0 aromatic carbocycles. The van der Waals surface area contributed by atoms with Crippen molar-refractivity contribution in [1.82, 2.24) is 20.2 Å². The molecule has 5 nitrogen and oxygen atoms in total. The van der Waals surface area contributed by atoms with Crippen LogP contribution in [-0.2, 0) is 13.5 Å². The van der Waals surface area contributed by atoms with Gasteiger partial charge in [0, 0.05) is 24.5 Å². The van der Waals surface area contributed by atoms with Crippen molar-refractivity contribution in [1.29, 1.82) is 0 Å². The Hall–Kier alpha value is -0.760. The fourth-order valence-corrected chi connectivity index (χ4v) is 3.22. The molecule has 0 amide bonds. The van der Waals surface area contributed by atoms with Crippen molar-refractivity contribution in [2.45, 2.75) is 26.3 Å². The normalized spacial score (nSPS) is 12.9. The minimum absolute atomic E-state index is 0.0577. The van der Waals surface area contributed by atoms with Crippen LogP contribution < -0.4 is 11.3 Å². The largest absolute Gasteiger partial charge is 0.271 e. The monoisotopic (exact) mass is 329 g/mol. The lowest BCUT2D eigenvalue weighted by atomic mass is 10.1. The van der Waals surface area contributed by atoms with Crippen LogP contribution in [-0.4, -0.2) is 14.8 Å². The third-order valence-electron chi connectivity index (χ3n) is 2.84. The lowest BCUT2D eigenvalue weighted by Gasteiger charge is -2.14. The molecule has 0 fully saturated rings. The minimum Gasteiger partial charge on any atom is -0.271 e. The van der Waals surface area contributed by atoms with Crippen LogP contribution >= 0.6 is 27.3 Å². The second-order valence-corrected chi connectivity index (χ2v) is 6.23. The second kappa shape index (κ2) is 5.48. The first-order valence-electron chi connectivity index (χ1n) is 5.59. The number of hydrogen-bond acceptors (Lipinski definition) is 5. The van der Waals surface area contributed by atoms with E-state index in [0.29, 0.717) is 0 Å². The summed E-state index contributed by atoms with van der Waals surface area (Å²) in [5.41, 5.74) is 4.97. The molecule has 1 unspecified atom stereocenters. The number of aryl methyl sites for hydroxylation is 3. The van der Waals surface area contributed by atoms with Gasteiger partial charge in [-0.2, -0.15) is 5.10 Å². The summed E-state index contributed by atoms with van der Waals surface area (Å²) in [5.74, 6) is 5.65. The van der Waals surface area contributed by atoms with Crippen molar-refractivity contribution in [3.05, 3.63) is 31.9 Å². The Morgan fingerprint density at radius 2 is 2.28 bits per heavy atom. The van der Waals surface area contributed by atoms with Gasteiger partial charge in [0.2, 0.25) is 0 Å². The molecule has 7 heteroatoms. The number of thiazole rings is 1. The Labute approximate surface area is 119 Å². The molecular formula is C11H16BrN5S. The number of nitrogens with one attached hydrogen (secondary N) is 1. The highest BCUT2D eigenvalue weighted by molar-refractivity contribution is 9.10. The molecule has 18 heavy (non-hydrogen) atoms. The quantitative estimate of drug-likeness (QED) is 0.665. The summed E-state index contributed by atoms with van der Waals surface area (Å²) in [4.78, 5) is 5.41. The number of nitrogens with zero attached hydrogens (tertiary/aromatic N) is 3. The Morgan fingerprint density at radius 3 is 2.72 bits per heavy atom. The Balaban J connectivity index is 2.25. The number of nitrogens with two attached hydrogens (primary N) is 1. The average molecular weight is 330 g/mol. The Kier molecular flexibility index (Phi) is 4.16. The Morgan fingerprint density at radius 1 is 1.56 bits per heavy atom. The van der Waals surface area contributed by atoms with E-state index in [9.17, 15) is 0 Å². The maximum atomic E-state index is 5.65. The van der Waals surface area contributed by atoms with Crippen LogP contribution in [0.15, 0.2) is 10.7 Å². The van der Waals surface area contributed by atoms with Gasteiger partial charge in [-0.3, -0.25) is 16.0 Å². The van der Waals surface area contributed by atoms with E-state index in [1.54, 1.807) is 11.3 Å².